The third-order valence-electron chi connectivity index (χ3n) is 4.47. The first kappa shape index (κ1) is 16.4. The van der Waals surface area contributed by atoms with Crippen molar-refractivity contribution in [2.75, 3.05) is 10.6 Å². The Morgan fingerprint density at radius 3 is 2.52 bits per heavy atom. The molecule has 0 unspecified atom stereocenters. The third-order valence-corrected chi connectivity index (χ3v) is 5.21. The molecular weight excluding hydrogens is 355 g/mol. The fraction of sp³-hybridized carbons (Fsp3) is 0.263. The molecule has 25 heavy (non-hydrogen) atoms. The average molecular weight is 373 g/mol. The van der Waals surface area contributed by atoms with E-state index in [1.54, 1.807) is 12.1 Å². The Morgan fingerprint density at radius 1 is 0.920 bits per heavy atom. The molecule has 1 aromatic heterocycles. The van der Waals surface area contributed by atoms with Gasteiger partial charge in [-0.05, 0) is 43.2 Å². The van der Waals surface area contributed by atoms with E-state index in [2.05, 4.69) is 21.7 Å². The maximum absolute atomic E-state index is 6.09. The zero-order chi connectivity index (χ0) is 17.2. The highest BCUT2D eigenvalue weighted by Gasteiger charge is 2.17. The van der Waals surface area contributed by atoms with E-state index in [0.717, 1.165) is 22.4 Å². The summed E-state index contributed by atoms with van der Waals surface area (Å²) in [6.45, 7) is 0. The van der Waals surface area contributed by atoms with Crippen molar-refractivity contribution in [3.63, 3.8) is 0 Å². The number of benzene rings is 2. The zero-order valence-corrected chi connectivity index (χ0v) is 15.1. The number of nitrogens with one attached hydrogen (secondary N) is 2. The van der Waals surface area contributed by atoms with Crippen molar-refractivity contribution in [3.8, 4) is 0 Å². The van der Waals surface area contributed by atoms with E-state index in [-0.39, 0.29) is 0 Å². The summed E-state index contributed by atoms with van der Waals surface area (Å²) in [7, 11) is 0. The molecule has 0 aliphatic heterocycles. The van der Waals surface area contributed by atoms with Crippen LogP contribution >= 0.6 is 23.2 Å². The fourth-order valence-electron chi connectivity index (χ4n) is 3.21. The molecule has 0 radical (unpaired) electrons. The van der Waals surface area contributed by atoms with Gasteiger partial charge < -0.3 is 10.6 Å². The number of nitrogens with zero attached hydrogens (tertiary/aromatic N) is 2. The monoisotopic (exact) mass is 372 g/mol. The summed E-state index contributed by atoms with van der Waals surface area (Å²) in [4.78, 5) is 9.32. The lowest BCUT2D eigenvalue weighted by molar-refractivity contribution is 0.752. The summed E-state index contributed by atoms with van der Waals surface area (Å²) in [6.07, 6.45) is 4.92. The molecule has 1 aliphatic carbocycles. The zero-order valence-electron chi connectivity index (χ0n) is 13.6. The van der Waals surface area contributed by atoms with Crippen LogP contribution in [0.1, 0.15) is 25.7 Å². The van der Waals surface area contributed by atoms with E-state index in [9.17, 15) is 0 Å². The number of hydrogen-bond acceptors (Lipinski definition) is 4. The number of fused-ring (bicyclic) bond motifs is 1. The first-order valence-electron chi connectivity index (χ1n) is 8.44. The van der Waals surface area contributed by atoms with E-state index in [4.69, 9.17) is 28.2 Å². The van der Waals surface area contributed by atoms with Crippen LogP contribution < -0.4 is 10.6 Å². The Balaban J connectivity index is 1.69. The van der Waals surface area contributed by atoms with Crippen molar-refractivity contribution in [1.29, 1.82) is 0 Å². The quantitative estimate of drug-likeness (QED) is 0.586. The highest BCUT2D eigenvalue weighted by Crippen LogP contribution is 2.29. The number of para-hydroxylation sites is 1. The van der Waals surface area contributed by atoms with Gasteiger partial charge in [-0.2, -0.15) is 4.98 Å². The van der Waals surface area contributed by atoms with Crippen LogP contribution in [0.2, 0.25) is 10.0 Å². The number of aromatic nitrogens is 2. The summed E-state index contributed by atoms with van der Waals surface area (Å²) < 4.78 is 0. The minimum atomic E-state index is 0.483. The van der Waals surface area contributed by atoms with Crippen molar-refractivity contribution < 1.29 is 0 Å². The Labute approximate surface area is 156 Å². The van der Waals surface area contributed by atoms with Gasteiger partial charge >= 0.3 is 0 Å². The molecular formula is C19H18Cl2N4. The molecule has 1 heterocycles. The van der Waals surface area contributed by atoms with Gasteiger partial charge in [0.1, 0.15) is 5.82 Å². The Hall–Kier alpha value is -2.04. The van der Waals surface area contributed by atoms with Crippen LogP contribution in [0.4, 0.5) is 17.5 Å². The summed E-state index contributed by atoms with van der Waals surface area (Å²) in [5, 5.41) is 8.87. The summed E-state index contributed by atoms with van der Waals surface area (Å²) >= 11 is 12.1. The lowest BCUT2D eigenvalue weighted by Crippen LogP contribution is -2.16. The molecule has 0 spiro atoms. The smallest absolute Gasteiger partial charge is 0.229 e. The number of anilines is 3. The summed E-state index contributed by atoms with van der Waals surface area (Å²) in [6, 6.07) is 13.9. The molecule has 1 fully saturated rings. The van der Waals surface area contributed by atoms with Crippen LogP contribution in [-0.2, 0) is 0 Å². The van der Waals surface area contributed by atoms with Crippen molar-refractivity contribution in [2.24, 2.45) is 0 Å². The molecule has 0 atom stereocenters. The highest BCUT2D eigenvalue weighted by atomic mass is 35.5. The van der Waals surface area contributed by atoms with Gasteiger partial charge in [-0.1, -0.05) is 48.2 Å². The van der Waals surface area contributed by atoms with Gasteiger partial charge in [0.05, 0.1) is 15.6 Å². The average Bonchev–Trinajstić information content (AvgIpc) is 3.11. The van der Waals surface area contributed by atoms with Gasteiger partial charge in [-0.25, -0.2) is 4.98 Å². The van der Waals surface area contributed by atoms with Crippen molar-refractivity contribution in [3.05, 3.63) is 52.5 Å². The van der Waals surface area contributed by atoms with Crippen molar-refractivity contribution >= 4 is 51.6 Å². The van der Waals surface area contributed by atoms with Crippen LogP contribution in [0.15, 0.2) is 42.5 Å². The third kappa shape index (κ3) is 3.65. The molecule has 2 N–H and O–H groups in total. The van der Waals surface area contributed by atoms with Gasteiger partial charge in [-0.3, -0.25) is 0 Å². The lowest BCUT2D eigenvalue weighted by Gasteiger charge is -2.16. The molecule has 1 aliphatic rings. The molecule has 2 aromatic carbocycles. The minimum absolute atomic E-state index is 0.483. The summed E-state index contributed by atoms with van der Waals surface area (Å²) in [5.74, 6) is 1.41. The molecule has 3 aromatic rings. The van der Waals surface area contributed by atoms with Crippen LogP contribution in [-0.4, -0.2) is 16.0 Å². The Kier molecular flexibility index (Phi) is 4.64. The lowest BCUT2D eigenvalue weighted by atomic mass is 10.2. The van der Waals surface area contributed by atoms with E-state index < -0.39 is 0 Å². The van der Waals surface area contributed by atoms with Gasteiger partial charge in [0.25, 0.3) is 0 Å². The first-order chi connectivity index (χ1) is 12.2. The molecule has 4 nitrogen and oxygen atoms in total. The number of rotatable bonds is 4. The van der Waals surface area contributed by atoms with Crippen LogP contribution in [0.3, 0.4) is 0 Å². The maximum Gasteiger partial charge on any atom is 0.229 e. The Bertz CT molecular complexity index is 907. The predicted octanol–water partition coefficient (Wildman–Crippen LogP) is 6.03. The minimum Gasteiger partial charge on any atom is -0.367 e. The standard InChI is InChI=1S/C19H18Cl2N4/c20-15-10-9-13(11-16(15)21)23-19-24-17-8-4-3-7-14(17)18(25-19)22-12-5-1-2-6-12/h3-4,7-12H,1-2,5-6H2,(H2,22,23,24,25). The number of halogens is 2. The van der Waals surface area contributed by atoms with E-state index >= 15 is 0 Å². The normalized spacial score (nSPS) is 14.8. The first-order valence-corrected chi connectivity index (χ1v) is 9.20. The molecule has 0 amide bonds. The van der Waals surface area contributed by atoms with Gasteiger partial charge in [0, 0.05) is 17.1 Å². The van der Waals surface area contributed by atoms with E-state index in [0.29, 0.717) is 22.0 Å². The van der Waals surface area contributed by atoms with E-state index in [1.807, 2.05) is 24.3 Å². The second-order valence-electron chi connectivity index (χ2n) is 6.29. The highest BCUT2D eigenvalue weighted by molar-refractivity contribution is 6.42. The van der Waals surface area contributed by atoms with Crippen molar-refractivity contribution in [1.82, 2.24) is 9.97 Å². The second-order valence-corrected chi connectivity index (χ2v) is 7.11. The Morgan fingerprint density at radius 2 is 1.72 bits per heavy atom. The van der Waals surface area contributed by atoms with Gasteiger partial charge in [0.15, 0.2) is 0 Å². The topological polar surface area (TPSA) is 49.8 Å². The molecule has 6 heteroatoms. The van der Waals surface area contributed by atoms with Gasteiger partial charge in [0.2, 0.25) is 5.95 Å². The molecule has 1 saturated carbocycles. The maximum atomic E-state index is 6.09. The largest absolute Gasteiger partial charge is 0.367 e. The molecule has 4 rings (SSSR count). The molecule has 0 bridgehead atoms. The van der Waals surface area contributed by atoms with Gasteiger partial charge in [-0.15, -0.1) is 0 Å². The van der Waals surface area contributed by atoms with E-state index in [1.165, 1.54) is 25.7 Å². The second kappa shape index (κ2) is 7.06. The van der Waals surface area contributed by atoms with Crippen LogP contribution in [0, 0.1) is 0 Å². The fourth-order valence-corrected chi connectivity index (χ4v) is 3.51. The molecule has 128 valence electrons. The SMILES string of the molecule is Clc1ccc(Nc2nc(NC3CCCC3)c3ccccc3n2)cc1Cl. The predicted molar refractivity (Wildman–Crippen MR) is 105 cm³/mol. The molecule has 0 saturated heterocycles. The van der Waals surface area contributed by atoms with Crippen LogP contribution in [0.25, 0.3) is 10.9 Å². The number of hydrogen-bond donors (Lipinski definition) is 2. The summed E-state index contributed by atoms with van der Waals surface area (Å²) in [5.41, 5.74) is 1.71. The van der Waals surface area contributed by atoms with Crippen molar-refractivity contribution in [2.45, 2.75) is 31.7 Å². The van der Waals surface area contributed by atoms with Crippen LogP contribution in [0.5, 0.6) is 0 Å².